The van der Waals surface area contributed by atoms with E-state index in [1.54, 1.807) is 12.1 Å². The Bertz CT molecular complexity index is 1370. The molecule has 164 valence electrons. The van der Waals surface area contributed by atoms with Crippen molar-refractivity contribution in [3.63, 3.8) is 0 Å². The van der Waals surface area contributed by atoms with Crippen LogP contribution in [0.2, 0.25) is 10.0 Å². The summed E-state index contributed by atoms with van der Waals surface area (Å²) in [7, 11) is 0. The van der Waals surface area contributed by atoms with Crippen LogP contribution in [0, 0.1) is 5.92 Å². The van der Waals surface area contributed by atoms with E-state index >= 15 is 0 Å². The van der Waals surface area contributed by atoms with Gasteiger partial charge in [0.25, 0.3) is 5.91 Å². The number of thioether (sulfide) groups is 1. The van der Waals surface area contributed by atoms with E-state index in [4.69, 9.17) is 23.2 Å². The van der Waals surface area contributed by atoms with E-state index in [9.17, 15) is 4.79 Å². The van der Waals surface area contributed by atoms with Gasteiger partial charge in [-0.15, -0.1) is 10.2 Å². The molecule has 0 spiro atoms. The van der Waals surface area contributed by atoms with Crippen molar-refractivity contribution < 1.29 is 4.79 Å². The van der Waals surface area contributed by atoms with Crippen LogP contribution in [0.3, 0.4) is 0 Å². The summed E-state index contributed by atoms with van der Waals surface area (Å²) < 4.78 is 1.96. The van der Waals surface area contributed by atoms with Crippen molar-refractivity contribution in [3.05, 3.63) is 93.3 Å². The van der Waals surface area contributed by atoms with Gasteiger partial charge in [0.1, 0.15) is 0 Å². The standard InChI is InChI=1S/C25H18Cl2N4OS/c1-2-31-23(16-12-13-18(26)19(27)14-16)29-30-25(31)33-22-21(15-8-4-3-5-9-15)17-10-6-7-11-20(17)28-24(22)32/h3-14,17H,2H2,1H3. The summed E-state index contributed by atoms with van der Waals surface area (Å²) in [6, 6.07) is 15.3. The van der Waals surface area contributed by atoms with E-state index in [0.717, 1.165) is 22.4 Å². The minimum absolute atomic E-state index is 0.0925. The third-order valence-electron chi connectivity index (χ3n) is 5.47. The quantitative estimate of drug-likeness (QED) is 0.407. The molecule has 0 fully saturated rings. The minimum atomic E-state index is -0.271. The molecule has 3 aromatic rings. The van der Waals surface area contributed by atoms with Gasteiger partial charge in [0, 0.05) is 18.0 Å². The van der Waals surface area contributed by atoms with Crippen LogP contribution < -0.4 is 0 Å². The third kappa shape index (κ3) is 4.10. The van der Waals surface area contributed by atoms with Gasteiger partial charge in [-0.1, -0.05) is 71.8 Å². The first kappa shape index (κ1) is 21.9. The van der Waals surface area contributed by atoms with Crippen LogP contribution in [0.1, 0.15) is 12.5 Å². The fourth-order valence-corrected chi connectivity index (χ4v) is 5.30. The monoisotopic (exact) mass is 492 g/mol. The normalized spacial score (nSPS) is 17.4. The molecule has 0 saturated carbocycles. The summed E-state index contributed by atoms with van der Waals surface area (Å²) in [6.07, 6.45) is 7.85. The molecular weight excluding hydrogens is 475 g/mol. The van der Waals surface area contributed by atoms with Crippen molar-refractivity contribution in [2.24, 2.45) is 10.9 Å². The van der Waals surface area contributed by atoms with E-state index in [-0.39, 0.29) is 11.8 Å². The van der Waals surface area contributed by atoms with Crippen molar-refractivity contribution in [2.75, 3.05) is 0 Å². The molecule has 2 heterocycles. The first-order valence-electron chi connectivity index (χ1n) is 10.4. The second kappa shape index (κ2) is 9.14. The Morgan fingerprint density at radius 2 is 1.82 bits per heavy atom. The Balaban J connectivity index is 1.61. The highest BCUT2D eigenvalue weighted by Gasteiger charge is 2.32. The van der Waals surface area contributed by atoms with Gasteiger partial charge in [0.2, 0.25) is 0 Å². The summed E-state index contributed by atoms with van der Waals surface area (Å²) in [5.74, 6) is 0.297. The van der Waals surface area contributed by atoms with Gasteiger partial charge in [-0.25, -0.2) is 4.99 Å². The Morgan fingerprint density at radius 1 is 1.00 bits per heavy atom. The van der Waals surface area contributed by atoms with Crippen molar-refractivity contribution >= 4 is 52.2 Å². The lowest BCUT2D eigenvalue weighted by atomic mass is 9.84. The number of fused-ring (bicyclic) bond motifs is 1. The number of aliphatic imine (C=N–C) groups is 1. The molecule has 8 heteroatoms. The number of aromatic nitrogens is 3. The number of hydrogen-bond donors (Lipinski definition) is 0. The largest absolute Gasteiger partial charge is 0.302 e. The van der Waals surface area contributed by atoms with Gasteiger partial charge in [-0.05, 0) is 54.1 Å². The predicted molar refractivity (Wildman–Crippen MR) is 135 cm³/mol. The van der Waals surface area contributed by atoms with Crippen LogP contribution >= 0.6 is 35.0 Å². The molecule has 1 atom stereocenters. The third-order valence-corrected chi connectivity index (χ3v) is 7.29. The minimum Gasteiger partial charge on any atom is -0.302 e. The fraction of sp³-hybridized carbons (Fsp3) is 0.120. The molecule has 2 aliphatic rings. The number of amides is 1. The number of nitrogens with zero attached hydrogens (tertiary/aromatic N) is 4. The maximum Gasteiger partial charge on any atom is 0.284 e. The van der Waals surface area contributed by atoms with Gasteiger partial charge in [0.05, 0.1) is 20.7 Å². The predicted octanol–water partition coefficient (Wildman–Crippen LogP) is 6.50. The Labute approximate surface area is 205 Å². The van der Waals surface area contributed by atoms with Gasteiger partial charge in [-0.3, -0.25) is 4.79 Å². The number of hydrogen-bond acceptors (Lipinski definition) is 4. The molecule has 0 radical (unpaired) electrons. The molecule has 5 nitrogen and oxygen atoms in total. The first-order valence-corrected chi connectivity index (χ1v) is 12.0. The Kier molecular flexibility index (Phi) is 6.06. The number of rotatable bonds is 5. The highest BCUT2D eigenvalue weighted by molar-refractivity contribution is 8.04. The molecule has 1 amide bonds. The maximum atomic E-state index is 13.2. The highest BCUT2D eigenvalue weighted by atomic mass is 35.5. The number of carbonyl (C=O) groups is 1. The second-order valence-corrected chi connectivity index (χ2v) is 9.25. The van der Waals surface area contributed by atoms with Crippen LogP contribution in [0.25, 0.3) is 17.0 Å². The Morgan fingerprint density at radius 3 is 2.58 bits per heavy atom. The van der Waals surface area contributed by atoms with Gasteiger partial charge in [0.15, 0.2) is 11.0 Å². The number of allylic oxidation sites excluding steroid dienone is 5. The average molecular weight is 493 g/mol. The van der Waals surface area contributed by atoms with Crippen molar-refractivity contribution in [1.29, 1.82) is 0 Å². The van der Waals surface area contributed by atoms with Crippen molar-refractivity contribution in [3.8, 4) is 11.4 Å². The van der Waals surface area contributed by atoms with Crippen LogP contribution in [0.4, 0.5) is 0 Å². The molecule has 1 aliphatic carbocycles. The number of benzene rings is 2. The van der Waals surface area contributed by atoms with E-state index in [1.807, 2.05) is 66.1 Å². The zero-order chi connectivity index (χ0) is 22.9. The molecule has 33 heavy (non-hydrogen) atoms. The molecule has 1 unspecified atom stereocenters. The fourth-order valence-electron chi connectivity index (χ4n) is 3.92. The lowest BCUT2D eigenvalue weighted by Gasteiger charge is -2.26. The molecule has 1 aliphatic heterocycles. The molecule has 5 rings (SSSR count). The molecule has 0 N–H and O–H groups in total. The summed E-state index contributed by atoms with van der Waals surface area (Å²) in [4.78, 5) is 18.1. The smallest absolute Gasteiger partial charge is 0.284 e. The topological polar surface area (TPSA) is 60.1 Å². The van der Waals surface area contributed by atoms with Gasteiger partial charge >= 0.3 is 0 Å². The van der Waals surface area contributed by atoms with Gasteiger partial charge in [-0.2, -0.15) is 0 Å². The summed E-state index contributed by atoms with van der Waals surface area (Å²) in [5, 5.41) is 10.3. The molecule has 2 aromatic carbocycles. The lowest BCUT2D eigenvalue weighted by molar-refractivity contribution is -0.113. The van der Waals surface area contributed by atoms with Crippen molar-refractivity contribution in [1.82, 2.24) is 14.8 Å². The summed E-state index contributed by atoms with van der Waals surface area (Å²) in [5.41, 5.74) is 3.47. The van der Waals surface area contributed by atoms with E-state index in [1.165, 1.54) is 11.8 Å². The van der Waals surface area contributed by atoms with E-state index in [2.05, 4.69) is 21.3 Å². The van der Waals surface area contributed by atoms with E-state index < -0.39 is 0 Å². The molecule has 0 bridgehead atoms. The number of halogens is 2. The first-order chi connectivity index (χ1) is 16.1. The Hall–Kier alpha value is -2.93. The zero-order valence-corrected chi connectivity index (χ0v) is 19.9. The molecular formula is C25H18Cl2N4OS. The van der Waals surface area contributed by atoms with Crippen LogP contribution in [-0.2, 0) is 11.3 Å². The summed E-state index contributed by atoms with van der Waals surface area (Å²) in [6.45, 7) is 2.63. The lowest BCUT2D eigenvalue weighted by Crippen LogP contribution is -2.23. The highest BCUT2D eigenvalue weighted by Crippen LogP contribution is 2.42. The summed E-state index contributed by atoms with van der Waals surface area (Å²) >= 11 is 13.6. The molecule has 1 aromatic heterocycles. The number of carbonyl (C=O) groups excluding carboxylic acids is 1. The number of dihydropyridines is 1. The maximum absolute atomic E-state index is 13.2. The van der Waals surface area contributed by atoms with Crippen LogP contribution in [0.15, 0.2) is 87.9 Å². The van der Waals surface area contributed by atoms with Crippen LogP contribution in [0.5, 0.6) is 0 Å². The van der Waals surface area contributed by atoms with Crippen molar-refractivity contribution in [2.45, 2.75) is 18.6 Å². The van der Waals surface area contributed by atoms with Gasteiger partial charge < -0.3 is 4.57 Å². The second-order valence-electron chi connectivity index (χ2n) is 7.45. The van der Waals surface area contributed by atoms with E-state index in [0.29, 0.717) is 32.5 Å². The van der Waals surface area contributed by atoms with Crippen LogP contribution in [-0.4, -0.2) is 26.4 Å². The molecule has 0 saturated heterocycles. The SMILES string of the molecule is CCn1c(SC2=C(c3ccccc3)C3C=CC=CC3=NC2=O)nnc1-c1ccc(Cl)c(Cl)c1. The zero-order valence-electron chi connectivity index (χ0n) is 17.6. The average Bonchev–Trinajstić information content (AvgIpc) is 3.24.